The number of carbonyl (C=O) groups excluding carboxylic acids is 1. The lowest BCUT2D eigenvalue weighted by Gasteiger charge is -2.18. The van der Waals surface area contributed by atoms with E-state index < -0.39 is 0 Å². The van der Waals surface area contributed by atoms with E-state index in [4.69, 9.17) is 16.3 Å². The minimum atomic E-state index is -0.161. The smallest absolute Gasteiger partial charge is 0.311 e. The Morgan fingerprint density at radius 2 is 1.44 bits per heavy atom. The van der Waals surface area contributed by atoms with Crippen molar-refractivity contribution in [3.8, 4) is 5.75 Å². The quantitative estimate of drug-likeness (QED) is 0.332. The average molecular weight is 390 g/mol. The number of carbonyl (C=O) groups is 1. The summed E-state index contributed by atoms with van der Waals surface area (Å²) in [7, 11) is 0. The number of ether oxygens (including phenoxy) is 1. The lowest BCUT2D eigenvalue weighted by atomic mass is 9.87. The predicted molar refractivity (Wildman–Crippen MR) is 114 cm³/mol. The first-order chi connectivity index (χ1) is 12.4. The van der Waals surface area contributed by atoms with E-state index in [0.717, 1.165) is 6.42 Å². The molecule has 1 aromatic carbocycles. The topological polar surface area (TPSA) is 39.2 Å². The van der Waals surface area contributed by atoms with Gasteiger partial charge in [0.1, 0.15) is 10.9 Å². The Labute approximate surface area is 169 Å². The van der Waals surface area contributed by atoms with Crippen LogP contribution < -0.4 is 4.74 Å². The van der Waals surface area contributed by atoms with Crippen molar-refractivity contribution in [1.29, 1.82) is 0 Å². The second kappa shape index (κ2) is 9.89. The molecule has 0 fully saturated rings. The van der Waals surface area contributed by atoms with Gasteiger partial charge in [-0.15, -0.1) is 0 Å². The molecule has 0 aliphatic heterocycles. The molecule has 0 radical (unpaired) electrons. The normalized spacial score (nSPS) is 11.4. The maximum Gasteiger partial charge on any atom is 0.311 e. The monoisotopic (exact) mass is 389 g/mol. The zero-order valence-corrected chi connectivity index (χ0v) is 18.4. The van der Waals surface area contributed by atoms with Crippen LogP contribution in [0.4, 0.5) is 0 Å². The number of aromatic nitrogens is 1. The van der Waals surface area contributed by atoms with Crippen molar-refractivity contribution in [3.63, 3.8) is 0 Å². The molecule has 0 N–H and O–H groups in total. The minimum Gasteiger partial charge on any atom is -0.427 e. The Balaban J connectivity index is 0.000000289. The molecule has 148 valence electrons. The molecule has 3 nitrogen and oxygen atoms in total. The number of esters is 1. The summed E-state index contributed by atoms with van der Waals surface area (Å²) in [4.78, 5) is 15.3. The summed E-state index contributed by atoms with van der Waals surface area (Å²) in [6, 6.07) is 11.6. The largest absolute Gasteiger partial charge is 0.427 e. The average Bonchev–Trinajstić information content (AvgIpc) is 2.55. The van der Waals surface area contributed by atoms with Crippen molar-refractivity contribution >= 4 is 17.6 Å². The molecule has 0 spiro atoms. The first-order valence-corrected chi connectivity index (χ1v) is 9.74. The van der Waals surface area contributed by atoms with Gasteiger partial charge in [-0.2, -0.15) is 0 Å². The van der Waals surface area contributed by atoms with E-state index in [2.05, 4.69) is 46.5 Å². The van der Waals surface area contributed by atoms with Gasteiger partial charge >= 0.3 is 5.97 Å². The van der Waals surface area contributed by atoms with Gasteiger partial charge in [-0.3, -0.25) is 4.79 Å². The van der Waals surface area contributed by atoms with E-state index in [9.17, 15) is 4.79 Å². The van der Waals surface area contributed by atoms with Gasteiger partial charge in [0.2, 0.25) is 0 Å². The third-order valence-corrected chi connectivity index (χ3v) is 4.22. The summed E-state index contributed by atoms with van der Waals surface area (Å²) < 4.78 is 5.18. The highest BCUT2D eigenvalue weighted by molar-refractivity contribution is 6.29. The van der Waals surface area contributed by atoms with Crippen LogP contribution in [0, 0.1) is 0 Å². The lowest BCUT2D eigenvalue weighted by molar-refractivity contribution is -0.134. The van der Waals surface area contributed by atoms with E-state index in [0.29, 0.717) is 17.3 Å². The molecule has 0 atom stereocenters. The van der Waals surface area contributed by atoms with E-state index in [1.54, 1.807) is 0 Å². The molecular formula is C23H32ClNO2. The Kier molecular flexibility index (Phi) is 8.49. The van der Waals surface area contributed by atoms with Crippen LogP contribution in [0.3, 0.4) is 0 Å². The van der Waals surface area contributed by atoms with Crippen LogP contribution in [-0.2, 0) is 15.6 Å². The van der Waals surface area contributed by atoms with Crippen molar-refractivity contribution < 1.29 is 9.53 Å². The van der Waals surface area contributed by atoms with Crippen molar-refractivity contribution in [1.82, 2.24) is 4.98 Å². The van der Waals surface area contributed by atoms with Gasteiger partial charge in [0.05, 0.1) is 0 Å². The van der Waals surface area contributed by atoms with Crippen LogP contribution in [0.25, 0.3) is 0 Å². The zero-order chi connectivity index (χ0) is 20.7. The summed E-state index contributed by atoms with van der Waals surface area (Å²) in [5, 5.41) is 0.554. The lowest BCUT2D eigenvalue weighted by Crippen LogP contribution is -2.11. The molecule has 0 aliphatic rings. The van der Waals surface area contributed by atoms with Crippen LogP contribution in [0.1, 0.15) is 72.4 Å². The highest BCUT2D eigenvalue weighted by Gasteiger charge is 2.14. The molecular weight excluding hydrogens is 358 g/mol. The molecule has 2 aromatic rings. The van der Waals surface area contributed by atoms with Crippen LogP contribution in [-0.4, -0.2) is 11.0 Å². The predicted octanol–water partition coefficient (Wildman–Crippen LogP) is 6.72. The molecule has 27 heavy (non-hydrogen) atoms. The van der Waals surface area contributed by atoms with Gasteiger partial charge in [-0.1, -0.05) is 78.3 Å². The Bertz CT molecular complexity index is 708. The Morgan fingerprint density at radius 1 is 0.926 bits per heavy atom. The van der Waals surface area contributed by atoms with Crippen LogP contribution >= 0.6 is 11.6 Å². The second-order valence-electron chi connectivity index (χ2n) is 8.62. The van der Waals surface area contributed by atoms with Gasteiger partial charge in [-0.05, 0) is 46.6 Å². The van der Waals surface area contributed by atoms with Crippen molar-refractivity contribution in [2.24, 2.45) is 0 Å². The zero-order valence-electron chi connectivity index (χ0n) is 17.6. The van der Waals surface area contributed by atoms with Crippen molar-refractivity contribution in [2.75, 3.05) is 0 Å². The number of nitrogens with zero attached hydrogens (tertiary/aromatic N) is 1. The summed E-state index contributed by atoms with van der Waals surface area (Å²) in [6.45, 7) is 14.9. The fraction of sp³-hybridized carbons (Fsp3) is 0.478. The summed E-state index contributed by atoms with van der Waals surface area (Å²) in [6.07, 6.45) is 3.11. The van der Waals surface area contributed by atoms with Crippen LogP contribution in [0.2, 0.25) is 5.15 Å². The minimum absolute atomic E-state index is 0.131. The van der Waals surface area contributed by atoms with Crippen LogP contribution in [0.15, 0.2) is 42.6 Å². The number of rotatable bonds is 3. The van der Waals surface area contributed by atoms with Gasteiger partial charge in [0.15, 0.2) is 0 Å². The number of pyridine rings is 1. The van der Waals surface area contributed by atoms with Gasteiger partial charge < -0.3 is 4.74 Å². The maximum absolute atomic E-state index is 11.3. The standard InChI is InChI=1S/C14H20O2.C9H12ClN/c1-5-6-13(15)16-12-9-7-11(8-10-12)14(2,3)4;1-9(2,3)7-4-5-8(10)11-6-7/h7-10H,5-6H2,1-4H3;4-6H,1-3H3. The molecule has 2 rings (SSSR count). The van der Waals surface area contributed by atoms with E-state index in [1.807, 2.05) is 49.5 Å². The summed E-state index contributed by atoms with van der Waals surface area (Å²) in [5.41, 5.74) is 2.74. The van der Waals surface area contributed by atoms with Gasteiger partial charge in [0, 0.05) is 12.6 Å². The number of halogens is 1. The molecule has 0 saturated carbocycles. The SMILES string of the molecule is CC(C)(C)c1ccc(Cl)nc1.CCCC(=O)Oc1ccc(C(C)(C)C)cc1. The first-order valence-electron chi connectivity index (χ1n) is 9.36. The van der Waals surface area contributed by atoms with Gasteiger partial charge in [-0.25, -0.2) is 4.98 Å². The fourth-order valence-corrected chi connectivity index (χ4v) is 2.34. The van der Waals surface area contributed by atoms with E-state index >= 15 is 0 Å². The molecule has 0 saturated heterocycles. The van der Waals surface area contributed by atoms with Gasteiger partial charge in [0.25, 0.3) is 0 Å². The molecule has 0 aliphatic carbocycles. The molecule has 1 heterocycles. The third kappa shape index (κ3) is 8.57. The summed E-state index contributed by atoms with van der Waals surface area (Å²) >= 11 is 5.65. The number of hydrogen-bond acceptors (Lipinski definition) is 3. The van der Waals surface area contributed by atoms with Crippen molar-refractivity contribution in [2.45, 2.75) is 72.1 Å². The molecule has 1 aromatic heterocycles. The second-order valence-corrected chi connectivity index (χ2v) is 9.01. The highest BCUT2D eigenvalue weighted by Crippen LogP contribution is 2.24. The molecule has 0 unspecified atom stereocenters. The maximum atomic E-state index is 11.3. The Hall–Kier alpha value is -1.87. The van der Waals surface area contributed by atoms with Crippen molar-refractivity contribution in [3.05, 3.63) is 58.9 Å². The first kappa shape index (κ1) is 23.2. The number of benzene rings is 1. The van der Waals surface area contributed by atoms with E-state index in [-0.39, 0.29) is 16.8 Å². The molecule has 0 bridgehead atoms. The molecule has 0 amide bonds. The summed E-state index contributed by atoms with van der Waals surface area (Å²) in [5.74, 6) is 0.470. The molecule has 4 heteroatoms. The van der Waals surface area contributed by atoms with E-state index in [1.165, 1.54) is 11.1 Å². The fourth-order valence-electron chi connectivity index (χ4n) is 2.23. The highest BCUT2D eigenvalue weighted by atomic mass is 35.5. The number of hydrogen-bond donors (Lipinski definition) is 0. The van der Waals surface area contributed by atoms with Crippen LogP contribution in [0.5, 0.6) is 5.75 Å². The third-order valence-electron chi connectivity index (χ3n) is 4.00. The Morgan fingerprint density at radius 3 is 1.85 bits per heavy atom.